The zero-order chi connectivity index (χ0) is 14.7. The lowest BCUT2D eigenvalue weighted by atomic mass is 10.2. The van der Waals surface area contributed by atoms with Crippen molar-refractivity contribution in [2.75, 3.05) is 0 Å². The summed E-state index contributed by atoms with van der Waals surface area (Å²) in [5.74, 6) is 4.73. The van der Waals surface area contributed by atoms with Crippen molar-refractivity contribution in [3.05, 3.63) is 51.6 Å². The molecule has 7 heteroatoms. The molecule has 0 aliphatic carbocycles. The van der Waals surface area contributed by atoms with Crippen LogP contribution in [0, 0.1) is 12.7 Å². The van der Waals surface area contributed by atoms with Crippen LogP contribution in [0.3, 0.4) is 0 Å². The van der Waals surface area contributed by atoms with E-state index < -0.39 is 11.7 Å². The van der Waals surface area contributed by atoms with Crippen molar-refractivity contribution < 1.29 is 18.3 Å². The number of rotatable bonds is 4. The number of benzene rings is 1. The number of nitrogen functional groups attached to an aromatic ring is 1. The van der Waals surface area contributed by atoms with E-state index in [0.29, 0.717) is 15.8 Å². The zero-order valence-corrected chi connectivity index (χ0v) is 12.2. The summed E-state index contributed by atoms with van der Waals surface area (Å²) in [6.45, 7) is 1.77. The van der Waals surface area contributed by atoms with Gasteiger partial charge in [0.05, 0.1) is 0 Å². The van der Waals surface area contributed by atoms with E-state index in [4.69, 9.17) is 15.0 Å². The van der Waals surface area contributed by atoms with Gasteiger partial charge in [0, 0.05) is 10.0 Å². The second kappa shape index (κ2) is 6.06. The van der Waals surface area contributed by atoms with Crippen molar-refractivity contribution in [1.82, 2.24) is 5.43 Å². The summed E-state index contributed by atoms with van der Waals surface area (Å²) in [7, 11) is 0. The molecule has 0 aliphatic heterocycles. The van der Waals surface area contributed by atoms with Gasteiger partial charge in [0.15, 0.2) is 17.3 Å². The number of hydrogen-bond donors (Lipinski definition) is 2. The Labute approximate surface area is 123 Å². The molecule has 0 bridgehead atoms. The Kier molecular flexibility index (Phi) is 4.41. The monoisotopic (exact) mass is 342 g/mol. The van der Waals surface area contributed by atoms with E-state index >= 15 is 0 Å². The van der Waals surface area contributed by atoms with Crippen molar-refractivity contribution in [1.29, 1.82) is 0 Å². The van der Waals surface area contributed by atoms with Gasteiger partial charge in [-0.25, -0.2) is 10.2 Å². The van der Waals surface area contributed by atoms with Gasteiger partial charge in [0.25, 0.3) is 0 Å². The molecule has 20 heavy (non-hydrogen) atoms. The number of carbonyl (C=O) groups is 1. The number of nitrogens with one attached hydrogen (secondary N) is 1. The summed E-state index contributed by atoms with van der Waals surface area (Å²) in [6, 6.07) is 6.01. The lowest BCUT2D eigenvalue weighted by Crippen LogP contribution is -2.29. The molecule has 1 amide bonds. The summed E-state index contributed by atoms with van der Waals surface area (Å²) in [5.41, 5.74) is 2.62. The molecule has 0 aliphatic rings. The smallest absolute Gasteiger partial charge is 0.300 e. The van der Waals surface area contributed by atoms with Crippen LogP contribution in [0.15, 0.2) is 33.2 Å². The summed E-state index contributed by atoms with van der Waals surface area (Å²) >= 11 is 3.16. The van der Waals surface area contributed by atoms with E-state index in [1.165, 1.54) is 18.2 Å². The molecule has 2 aromatic rings. The number of carbonyl (C=O) groups excluding carboxylic acids is 1. The first-order chi connectivity index (χ1) is 9.51. The maximum absolute atomic E-state index is 13.6. The Bertz CT molecular complexity index is 643. The minimum absolute atomic E-state index is 0.0832. The molecule has 0 saturated heterocycles. The van der Waals surface area contributed by atoms with Gasteiger partial charge in [-0.3, -0.25) is 10.2 Å². The molecule has 0 fully saturated rings. The molecular weight excluding hydrogens is 331 g/mol. The van der Waals surface area contributed by atoms with E-state index in [0.717, 1.165) is 0 Å². The van der Waals surface area contributed by atoms with E-state index in [1.54, 1.807) is 13.0 Å². The zero-order valence-electron chi connectivity index (χ0n) is 10.6. The van der Waals surface area contributed by atoms with Crippen LogP contribution in [0.2, 0.25) is 0 Å². The van der Waals surface area contributed by atoms with Crippen LogP contribution in [0.1, 0.15) is 21.9 Å². The van der Waals surface area contributed by atoms with Crippen LogP contribution < -0.4 is 16.0 Å². The molecule has 5 nitrogen and oxygen atoms in total. The van der Waals surface area contributed by atoms with Crippen molar-refractivity contribution in [3.8, 4) is 5.75 Å². The van der Waals surface area contributed by atoms with Crippen LogP contribution in [-0.4, -0.2) is 5.91 Å². The van der Waals surface area contributed by atoms with Crippen LogP contribution in [0.4, 0.5) is 4.39 Å². The Morgan fingerprint density at radius 2 is 2.25 bits per heavy atom. The SMILES string of the molecule is Cc1oc(C(=O)NN)cc1COc1ccc(Br)cc1F. The number of nitrogens with two attached hydrogens (primary N) is 1. The summed E-state index contributed by atoms with van der Waals surface area (Å²) in [5, 5.41) is 0. The average Bonchev–Trinajstić information content (AvgIpc) is 2.78. The van der Waals surface area contributed by atoms with Crippen molar-refractivity contribution in [3.63, 3.8) is 0 Å². The van der Waals surface area contributed by atoms with E-state index in [-0.39, 0.29) is 18.1 Å². The molecule has 0 radical (unpaired) electrons. The van der Waals surface area contributed by atoms with Crippen LogP contribution in [0.5, 0.6) is 5.75 Å². The molecule has 0 saturated carbocycles. The third kappa shape index (κ3) is 3.17. The second-order valence-corrected chi connectivity index (χ2v) is 4.94. The molecule has 1 aromatic carbocycles. The van der Waals surface area contributed by atoms with Crippen LogP contribution >= 0.6 is 15.9 Å². The standard InChI is InChI=1S/C13H12BrFN2O3/c1-7-8(4-12(20-7)13(18)17-16)6-19-11-3-2-9(14)5-10(11)15/h2-5H,6,16H2,1H3,(H,17,18). The first-order valence-corrected chi connectivity index (χ1v) is 6.48. The number of halogens is 2. The van der Waals surface area contributed by atoms with Gasteiger partial charge in [-0.1, -0.05) is 15.9 Å². The Morgan fingerprint density at radius 3 is 2.90 bits per heavy atom. The highest BCUT2D eigenvalue weighted by atomic mass is 79.9. The minimum atomic E-state index is -0.533. The lowest BCUT2D eigenvalue weighted by Gasteiger charge is -2.06. The third-order valence-corrected chi connectivity index (χ3v) is 3.15. The second-order valence-electron chi connectivity index (χ2n) is 4.03. The van der Waals surface area contributed by atoms with Gasteiger partial charge in [-0.15, -0.1) is 0 Å². The normalized spacial score (nSPS) is 10.4. The molecule has 0 unspecified atom stereocenters. The molecule has 1 aromatic heterocycles. The average molecular weight is 343 g/mol. The van der Waals surface area contributed by atoms with Gasteiger partial charge in [0.1, 0.15) is 12.4 Å². The third-order valence-electron chi connectivity index (χ3n) is 2.65. The van der Waals surface area contributed by atoms with E-state index in [1.807, 2.05) is 5.43 Å². The fourth-order valence-electron chi connectivity index (χ4n) is 1.59. The number of hydrazine groups is 1. The minimum Gasteiger partial charge on any atom is -0.486 e. The fraction of sp³-hybridized carbons (Fsp3) is 0.154. The number of amides is 1. The lowest BCUT2D eigenvalue weighted by molar-refractivity contribution is 0.0924. The van der Waals surface area contributed by atoms with Gasteiger partial charge >= 0.3 is 5.91 Å². The number of ether oxygens (including phenoxy) is 1. The molecule has 2 rings (SSSR count). The quantitative estimate of drug-likeness (QED) is 0.508. The molecule has 0 spiro atoms. The number of aryl methyl sites for hydroxylation is 1. The molecule has 106 valence electrons. The maximum atomic E-state index is 13.6. The number of furan rings is 1. The predicted molar refractivity (Wildman–Crippen MR) is 73.5 cm³/mol. The highest BCUT2D eigenvalue weighted by Crippen LogP contribution is 2.23. The van der Waals surface area contributed by atoms with Crippen molar-refractivity contribution in [2.45, 2.75) is 13.5 Å². The van der Waals surface area contributed by atoms with Crippen LogP contribution in [0.25, 0.3) is 0 Å². The molecule has 1 heterocycles. The van der Waals surface area contributed by atoms with Gasteiger partial charge in [-0.05, 0) is 31.2 Å². The van der Waals surface area contributed by atoms with E-state index in [2.05, 4.69) is 15.9 Å². The van der Waals surface area contributed by atoms with Gasteiger partial charge in [-0.2, -0.15) is 0 Å². The van der Waals surface area contributed by atoms with Crippen molar-refractivity contribution >= 4 is 21.8 Å². The molecule has 0 atom stereocenters. The predicted octanol–water partition coefficient (Wildman–Crippen LogP) is 2.67. The first-order valence-electron chi connectivity index (χ1n) is 5.69. The summed E-state index contributed by atoms with van der Waals surface area (Å²) < 4.78 is 24.8. The summed E-state index contributed by atoms with van der Waals surface area (Å²) in [6.07, 6.45) is 0. The molecular formula is C13H12BrFN2O3. The highest BCUT2D eigenvalue weighted by molar-refractivity contribution is 9.10. The number of hydrogen-bond acceptors (Lipinski definition) is 4. The summed E-state index contributed by atoms with van der Waals surface area (Å²) in [4.78, 5) is 11.3. The largest absolute Gasteiger partial charge is 0.486 e. The van der Waals surface area contributed by atoms with Crippen molar-refractivity contribution in [2.24, 2.45) is 5.84 Å². The van der Waals surface area contributed by atoms with Gasteiger partial charge in [0.2, 0.25) is 0 Å². The Hall–Kier alpha value is -1.86. The maximum Gasteiger partial charge on any atom is 0.300 e. The highest BCUT2D eigenvalue weighted by Gasteiger charge is 2.14. The first kappa shape index (κ1) is 14.5. The Morgan fingerprint density at radius 1 is 1.50 bits per heavy atom. The fourth-order valence-corrected chi connectivity index (χ4v) is 1.93. The topological polar surface area (TPSA) is 77.5 Å². The van der Waals surface area contributed by atoms with Gasteiger partial charge < -0.3 is 9.15 Å². The molecule has 3 N–H and O–H groups in total. The Balaban J connectivity index is 2.11. The van der Waals surface area contributed by atoms with E-state index in [9.17, 15) is 9.18 Å². The van der Waals surface area contributed by atoms with Crippen LogP contribution in [-0.2, 0) is 6.61 Å².